The van der Waals surface area contributed by atoms with Crippen LogP contribution in [0, 0.1) is 20.8 Å². The Hall–Kier alpha value is -3.44. The number of aliphatic imine (C=N–C) groups is 1. The molecule has 0 aromatic heterocycles. The van der Waals surface area contributed by atoms with E-state index in [1.807, 2.05) is 90.1 Å². The average Bonchev–Trinajstić information content (AvgIpc) is 2.95. The van der Waals surface area contributed by atoms with E-state index in [1.165, 1.54) is 0 Å². The van der Waals surface area contributed by atoms with E-state index < -0.39 is 17.7 Å². The Bertz CT molecular complexity index is 1250. The standard InChI is InChI=1S/C28H29NO4/c1-16-11-13-19(14-12-16)22-18(3)25-24(29-15-20-9-7-8-10-21(20)32-25)17(2)23(22)26(27(30)31)33-28(4,5)6/h7-15,26H,1-6H3,(H,30,31)/t26-/m0/s1. The van der Waals surface area contributed by atoms with Crippen LogP contribution < -0.4 is 4.74 Å². The van der Waals surface area contributed by atoms with Crippen molar-refractivity contribution >= 4 is 17.9 Å². The molecule has 0 aliphatic carbocycles. The maximum atomic E-state index is 12.5. The Morgan fingerprint density at radius 2 is 1.67 bits per heavy atom. The molecule has 1 aliphatic heterocycles. The molecule has 1 atom stereocenters. The Morgan fingerprint density at radius 1 is 1.00 bits per heavy atom. The second-order valence-corrected chi connectivity index (χ2v) is 9.43. The lowest BCUT2D eigenvalue weighted by molar-refractivity contribution is -0.160. The summed E-state index contributed by atoms with van der Waals surface area (Å²) in [5.41, 5.74) is 5.83. The van der Waals surface area contributed by atoms with E-state index in [2.05, 4.69) is 0 Å². The van der Waals surface area contributed by atoms with Crippen molar-refractivity contribution in [2.24, 2.45) is 4.99 Å². The van der Waals surface area contributed by atoms with Gasteiger partial charge in [0.1, 0.15) is 11.4 Å². The predicted octanol–water partition coefficient (Wildman–Crippen LogP) is 7.08. The van der Waals surface area contributed by atoms with E-state index in [-0.39, 0.29) is 0 Å². The molecule has 0 saturated carbocycles. The Morgan fingerprint density at radius 3 is 2.30 bits per heavy atom. The molecule has 0 spiro atoms. The highest BCUT2D eigenvalue weighted by atomic mass is 16.5. The highest BCUT2D eigenvalue weighted by molar-refractivity contribution is 5.92. The number of nitrogens with zero attached hydrogens (tertiary/aromatic N) is 1. The second kappa shape index (κ2) is 8.49. The molecule has 0 fully saturated rings. The van der Waals surface area contributed by atoms with Gasteiger partial charge in [0.2, 0.25) is 0 Å². The number of carboxylic acid groups (broad SMARTS) is 1. The van der Waals surface area contributed by atoms with E-state index in [9.17, 15) is 9.90 Å². The van der Waals surface area contributed by atoms with Crippen LogP contribution in [0.25, 0.3) is 11.1 Å². The fourth-order valence-electron chi connectivity index (χ4n) is 4.19. The maximum absolute atomic E-state index is 12.5. The van der Waals surface area contributed by atoms with Crippen molar-refractivity contribution in [2.45, 2.75) is 53.2 Å². The van der Waals surface area contributed by atoms with Crippen molar-refractivity contribution in [2.75, 3.05) is 0 Å². The van der Waals surface area contributed by atoms with Crippen molar-refractivity contribution in [3.8, 4) is 22.6 Å². The normalized spacial score (nSPS) is 13.5. The van der Waals surface area contributed by atoms with Crippen molar-refractivity contribution in [3.05, 3.63) is 76.3 Å². The molecule has 0 unspecified atom stereocenters. The molecule has 1 N–H and O–H groups in total. The third-order valence-electron chi connectivity index (χ3n) is 5.72. The van der Waals surface area contributed by atoms with Gasteiger partial charge in [0.15, 0.2) is 11.9 Å². The number of fused-ring (bicyclic) bond motifs is 2. The first-order valence-corrected chi connectivity index (χ1v) is 11.0. The summed E-state index contributed by atoms with van der Waals surface area (Å²) in [6.45, 7) is 11.5. The van der Waals surface area contributed by atoms with Gasteiger partial charge in [-0.15, -0.1) is 0 Å². The van der Waals surface area contributed by atoms with Crippen LogP contribution in [0.15, 0.2) is 53.5 Å². The Kier molecular flexibility index (Phi) is 5.85. The van der Waals surface area contributed by atoms with Crippen LogP contribution in [-0.4, -0.2) is 22.9 Å². The highest BCUT2D eigenvalue weighted by Crippen LogP contribution is 2.49. The number of carbonyl (C=O) groups is 1. The summed E-state index contributed by atoms with van der Waals surface area (Å²) in [7, 11) is 0. The minimum atomic E-state index is -1.16. The van der Waals surface area contributed by atoms with Gasteiger partial charge in [0.05, 0.1) is 5.60 Å². The summed E-state index contributed by atoms with van der Waals surface area (Å²) >= 11 is 0. The molecule has 0 radical (unpaired) electrons. The molecule has 4 rings (SSSR count). The number of hydrogen-bond acceptors (Lipinski definition) is 4. The van der Waals surface area contributed by atoms with Crippen molar-refractivity contribution in [1.82, 2.24) is 0 Å². The number of ether oxygens (including phenoxy) is 2. The van der Waals surface area contributed by atoms with Crippen LogP contribution in [0.5, 0.6) is 11.5 Å². The highest BCUT2D eigenvalue weighted by Gasteiger charge is 2.34. The zero-order valence-corrected chi connectivity index (χ0v) is 19.9. The first kappa shape index (κ1) is 22.7. The van der Waals surface area contributed by atoms with Gasteiger partial charge in [0.25, 0.3) is 0 Å². The maximum Gasteiger partial charge on any atom is 0.337 e. The zero-order valence-electron chi connectivity index (χ0n) is 19.9. The summed E-state index contributed by atoms with van der Waals surface area (Å²) in [5.74, 6) is 0.307. The molecule has 1 aliphatic rings. The van der Waals surface area contributed by atoms with Crippen molar-refractivity contribution < 1.29 is 19.4 Å². The average molecular weight is 444 g/mol. The SMILES string of the molecule is Cc1ccc(-c2c(C)c3c(c(C)c2[C@H](OC(C)(C)C)C(=O)O)N=Cc2ccccc2O3)cc1. The smallest absolute Gasteiger partial charge is 0.337 e. The van der Waals surface area contributed by atoms with Crippen LogP contribution in [-0.2, 0) is 9.53 Å². The van der Waals surface area contributed by atoms with Crippen LogP contribution in [0.2, 0.25) is 0 Å². The molecule has 0 bridgehead atoms. The third-order valence-corrected chi connectivity index (χ3v) is 5.72. The fourth-order valence-corrected chi connectivity index (χ4v) is 4.19. The van der Waals surface area contributed by atoms with E-state index in [0.29, 0.717) is 22.7 Å². The first-order valence-electron chi connectivity index (χ1n) is 11.0. The van der Waals surface area contributed by atoms with E-state index in [4.69, 9.17) is 14.5 Å². The summed E-state index contributed by atoms with van der Waals surface area (Å²) in [5, 5.41) is 10.2. The number of benzene rings is 3. The lowest BCUT2D eigenvalue weighted by atomic mass is 9.86. The van der Waals surface area contributed by atoms with Gasteiger partial charge < -0.3 is 14.6 Å². The molecule has 3 aromatic rings. The van der Waals surface area contributed by atoms with E-state index in [0.717, 1.165) is 33.4 Å². The van der Waals surface area contributed by atoms with Gasteiger partial charge in [-0.05, 0) is 70.4 Å². The van der Waals surface area contributed by atoms with Crippen LogP contribution >= 0.6 is 0 Å². The van der Waals surface area contributed by atoms with Crippen LogP contribution in [0.4, 0.5) is 5.69 Å². The quantitative estimate of drug-likeness (QED) is 0.366. The van der Waals surface area contributed by atoms with Gasteiger partial charge in [-0.3, -0.25) is 4.99 Å². The van der Waals surface area contributed by atoms with Gasteiger partial charge in [-0.1, -0.05) is 42.0 Å². The second-order valence-electron chi connectivity index (χ2n) is 9.43. The molecule has 5 nitrogen and oxygen atoms in total. The lowest BCUT2D eigenvalue weighted by Gasteiger charge is -2.30. The molecule has 170 valence electrons. The van der Waals surface area contributed by atoms with Gasteiger partial charge in [-0.2, -0.15) is 0 Å². The molecule has 1 heterocycles. The van der Waals surface area contributed by atoms with Crippen LogP contribution in [0.3, 0.4) is 0 Å². The number of aryl methyl sites for hydroxylation is 1. The molecular formula is C28H29NO4. The van der Waals surface area contributed by atoms with Crippen molar-refractivity contribution in [1.29, 1.82) is 0 Å². The summed E-state index contributed by atoms with van der Waals surface area (Å²) in [4.78, 5) is 17.2. The number of carboxylic acids is 1. The van der Waals surface area contributed by atoms with Gasteiger partial charge >= 0.3 is 5.97 Å². The summed E-state index contributed by atoms with van der Waals surface area (Å²) in [6.07, 6.45) is 0.606. The van der Waals surface area contributed by atoms with Gasteiger partial charge in [-0.25, -0.2) is 4.79 Å². The lowest BCUT2D eigenvalue weighted by Crippen LogP contribution is -2.28. The van der Waals surface area contributed by atoms with Crippen LogP contribution in [0.1, 0.15) is 54.7 Å². The zero-order chi connectivity index (χ0) is 23.9. The summed E-state index contributed by atoms with van der Waals surface area (Å²) in [6, 6.07) is 15.8. The summed E-state index contributed by atoms with van der Waals surface area (Å²) < 4.78 is 12.5. The largest absolute Gasteiger partial charge is 0.479 e. The molecular weight excluding hydrogens is 414 g/mol. The number of aliphatic carboxylic acids is 1. The van der Waals surface area contributed by atoms with E-state index >= 15 is 0 Å². The minimum Gasteiger partial charge on any atom is -0.479 e. The minimum absolute atomic E-state index is 0.601. The van der Waals surface area contributed by atoms with Gasteiger partial charge in [0, 0.05) is 22.9 Å². The molecule has 33 heavy (non-hydrogen) atoms. The fraction of sp³-hybridized carbons (Fsp3) is 0.286. The number of para-hydroxylation sites is 1. The monoisotopic (exact) mass is 443 g/mol. The van der Waals surface area contributed by atoms with Crippen molar-refractivity contribution in [3.63, 3.8) is 0 Å². The molecule has 5 heteroatoms. The number of hydrogen-bond donors (Lipinski definition) is 1. The molecule has 0 saturated heterocycles. The third kappa shape index (κ3) is 4.41. The first-order chi connectivity index (χ1) is 15.6. The molecule has 3 aromatic carbocycles. The number of rotatable bonds is 4. The molecule has 0 amide bonds. The topological polar surface area (TPSA) is 68.1 Å². The Labute approximate surface area is 194 Å². The van der Waals surface area contributed by atoms with E-state index in [1.54, 1.807) is 6.21 Å². The predicted molar refractivity (Wildman–Crippen MR) is 131 cm³/mol. The Balaban J connectivity index is 2.05.